The molecule has 2 fully saturated rings. The molecule has 0 amide bonds. The highest BCUT2D eigenvalue weighted by Gasteiger charge is 2.62. The van der Waals surface area contributed by atoms with Crippen LogP contribution in [-0.4, -0.2) is 96.8 Å². The molecule has 2 aliphatic heterocycles. The van der Waals surface area contributed by atoms with Crippen LogP contribution in [0.4, 0.5) is 0 Å². The lowest BCUT2D eigenvalue weighted by Crippen LogP contribution is -2.47. The van der Waals surface area contributed by atoms with E-state index in [-0.39, 0.29) is 0 Å². The lowest BCUT2D eigenvalue weighted by Gasteiger charge is -2.34. The van der Waals surface area contributed by atoms with Gasteiger partial charge in [0.25, 0.3) is 0 Å². The Hall–Kier alpha value is -0.140. The number of phosphoric ester groups is 2. The fourth-order valence-corrected chi connectivity index (χ4v) is 3.83. The van der Waals surface area contributed by atoms with Gasteiger partial charge in [0.1, 0.15) is 37.6 Å². The zero-order valence-corrected chi connectivity index (χ0v) is 17.1. The van der Waals surface area contributed by atoms with Crippen molar-refractivity contribution in [1.29, 1.82) is 0 Å². The van der Waals surface area contributed by atoms with E-state index in [1.54, 1.807) is 0 Å². The third-order valence-electron chi connectivity index (χ3n) is 4.74. The van der Waals surface area contributed by atoms with Gasteiger partial charge < -0.3 is 83.0 Å². The van der Waals surface area contributed by atoms with Crippen LogP contribution in [0.3, 0.4) is 0 Å². The van der Waals surface area contributed by atoms with Crippen molar-refractivity contribution in [3.05, 3.63) is 0 Å². The summed E-state index contributed by atoms with van der Waals surface area (Å²) in [6.45, 7) is -2.86. The third kappa shape index (κ3) is 6.26. The first kappa shape index (κ1) is 27.1. The highest BCUT2D eigenvalue weighted by Crippen LogP contribution is 2.42. The van der Waals surface area contributed by atoms with Crippen molar-refractivity contribution in [2.45, 2.75) is 60.7 Å². The van der Waals surface area contributed by atoms with Crippen molar-refractivity contribution in [2.24, 2.45) is 0 Å². The van der Waals surface area contributed by atoms with Crippen molar-refractivity contribution < 1.29 is 83.0 Å². The Morgan fingerprint density at radius 2 is 1.23 bits per heavy atom. The van der Waals surface area contributed by atoms with E-state index >= 15 is 0 Å². The topological polar surface area (TPSA) is 305 Å². The Kier molecular flexibility index (Phi) is 7.78. The summed E-state index contributed by atoms with van der Waals surface area (Å²) in [7, 11) is -11.2. The maximum Gasteiger partial charge on any atom is 0.222 e. The molecule has 2 saturated heterocycles. The second kappa shape index (κ2) is 8.90. The number of aliphatic hydroxyl groups is 7. The first-order valence-corrected chi connectivity index (χ1v) is 11.3. The highest BCUT2D eigenvalue weighted by atomic mass is 31.2. The summed E-state index contributed by atoms with van der Waals surface area (Å²) in [4.78, 5) is 42.1. The summed E-state index contributed by atoms with van der Waals surface area (Å²) in [6, 6.07) is 0. The summed E-state index contributed by atoms with van der Waals surface area (Å²) >= 11 is 0. The Labute approximate surface area is 173 Å². The maximum atomic E-state index is 10.5. The molecule has 2 rings (SSSR count). The summed E-state index contributed by atoms with van der Waals surface area (Å²) < 4.78 is 38.3. The standard InChI is InChI=1S/C12H24O17P2/c13-6-5(28-11(18,7(6)14)3-26-30(20,21)22)1-2-10(17)8(15)9(16)12(19,29-10)4-27-31(23,24)25/h5-9,13-19H,1-4H2,(H2,20,21,22)(H2,23,24,25)/p-4/t5-,6-,7+,8+,9+,10-,11-,12-/m1/s1. The molecular weight excluding hydrogens is 478 g/mol. The number of ether oxygens (including phenoxy) is 2. The monoisotopic (exact) mass is 498 g/mol. The third-order valence-corrected chi connectivity index (χ3v) is 5.64. The first-order valence-electron chi connectivity index (χ1n) is 8.42. The Bertz CT molecular complexity index is 739. The van der Waals surface area contributed by atoms with Crippen LogP contribution in [0, 0.1) is 0 Å². The second-order valence-corrected chi connectivity index (χ2v) is 9.40. The predicted molar refractivity (Wildman–Crippen MR) is 81.2 cm³/mol. The highest BCUT2D eigenvalue weighted by molar-refractivity contribution is 7.43. The van der Waals surface area contributed by atoms with Crippen molar-refractivity contribution in [2.75, 3.05) is 13.2 Å². The smallest absolute Gasteiger partial charge is 0.222 e. The molecule has 0 aromatic carbocycles. The van der Waals surface area contributed by atoms with Gasteiger partial charge in [-0.1, -0.05) is 0 Å². The molecule has 7 N–H and O–H groups in total. The zero-order valence-electron chi connectivity index (χ0n) is 15.3. The van der Waals surface area contributed by atoms with Crippen LogP contribution in [0.2, 0.25) is 0 Å². The van der Waals surface area contributed by atoms with Crippen molar-refractivity contribution in [1.82, 2.24) is 0 Å². The fourth-order valence-electron chi connectivity index (χ4n) is 3.15. The van der Waals surface area contributed by atoms with Crippen LogP contribution in [0.1, 0.15) is 12.8 Å². The quantitative estimate of drug-likeness (QED) is 0.145. The van der Waals surface area contributed by atoms with Crippen molar-refractivity contribution >= 4 is 15.6 Å². The van der Waals surface area contributed by atoms with Crippen LogP contribution in [-0.2, 0) is 27.7 Å². The van der Waals surface area contributed by atoms with Gasteiger partial charge in [0, 0.05) is 6.42 Å². The maximum absolute atomic E-state index is 10.5. The lowest BCUT2D eigenvalue weighted by molar-refractivity contribution is -0.359. The van der Waals surface area contributed by atoms with Gasteiger partial charge in [-0.05, 0) is 6.42 Å². The molecule has 0 saturated carbocycles. The number of aliphatic hydroxyl groups excluding tert-OH is 4. The summed E-state index contributed by atoms with van der Waals surface area (Å²) in [6.07, 6.45) is -11.7. The van der Waals surface area contributed by atoms with Crippen LogP contribution < -0.4 is 19.6 Å². The number of hydrogen-bond acceptors (Lipinski definition) is 17. The second-order valence-electron chi connectivity index (χ2n) is 7.10. The van der Waals surface area contributed by atoms with E-state index in [1.807, 2.05) is 0 Å². The molecule has 31 heavy (non-hydrogen) atoms. The van der Waals surface area contributed by atoms with Gasteiger partial charge in [0.15, 0.2) is 5.79 Å². The minimum Gasteiger partial charge on any atom is -0.790 e. The number of rotatable bonds is 9. The van der Waals surface area contributed by atoms with E-state index in [9.17, 15) is 64.4 Å². The largest absolute Gasteiger partial charge is 0.790 e. The van der Waals surface area contributed by atoms with E-state index in [1.165, 1.54) is 0 Å². The molecule has 19 heteroatoms. The van der Waals surface area contributed by atoms with Crippen molar-refractivity contribution in [3.63, 3.8) is 0 Å². The number of hydrogen-bond donors (Lipinski definition) is 7. The van der Waals surface area contributed by atoms with E-state index in [4.69, 9.17) is 9.47 Å². The van der Waals surface area contributed by atoms with Gasteiger partial charge in [-0.3, -0.25) is 0 Å². The SMILES string of the molecule is O=P([O-])([O-])OC[C@@]1(O)O[C@H](CC[C@@]2(O)O[C@](O)(COP(=O)([O-])[O-])[C@@H](O)[C@@H]2O)[C@@H](O)[C@@H]1O. The molecule has 2 heterocycles. The molecule has 2 aliphatic rings. The molecule has 8 atom stereocenters. The van der Waals surface area contributed by atoms with Crippen LogP contribution >= 0.6 is 15.6 Å². The molecule has 0 radical (unpaired) electrons. The zero-order chi connectivity index (χ0) is 24.0. The molecule has 0 aromatic rings. The van der Waals surface area contributed by atoms with Gasteiger partial charge in [0.05, 0.1) is 21.7 Å². The first-order chi connectivity index (χ1) is 13.8. The van der Waals surface area contributed by atoms with E-state index in [2.05, 4.69) is 9.05 Å². The number of phosphoric acid groups is 2. The van der Waals surface area contributed by atoms with E-state index < -0.39 is 89.6 Å². The van der Waals surface area contributed by atoms with E-state index in [0.717, 1.165) is 0 Å². The van der Waals surface area contributed by atoms with E-state index in [0.29, 0.717) is 0 Å². The minimum atomic E-state index is -5.63. The molecule has 0 bridgehead atoms. The molecule has 0 unspecified atom stereocenters. The van der Waals surface area contributed by atoms with Crippen LogP contribution in [0.15, 0.2) is 0 Å². The Morgan fingerprint density at radius 3 is 1.71 bits per heavy atom. The molecule has 0 aliphatic carbocycles. The fraction of sp³-hybridized carbons (Fsp3) is 1.00. The van der Waals surface area contributed by atoms with Gasteiger partial charge in [0.2, 0.25) is 11.6 Å². The van der Waals surface area contributed by atoms with Gasteiger partial charge in [-0.2, -0.15) is 0 Å². The molecule has 17 nitrogen and oxygen atoms in total. The van der Waals surface area contributed by atoms with Crippen LogP contribution in [0.5, 0.6) is 0 Å². The Balaban J connectivity index is 2.04. The molecule has 0 aromatic heterocycles. The van der Waals surface area contributed by atoms with Gasteiger partial charge in [-0.25, -0.2) is 0 Å². The molecule has 184 valence electrons. The Morgan fingerprint density at radius 1 is 0.774 bits per heavy atom. The lowest BCUT2D eigenvalue weighted by atomic mass is 9.96. The van der Waals surface area contributed by atoms with Gasteiger partial charge in [-0.15, -0.1) is 0 Å². The van der Waals surface area contributed by atoms with Crippen LogP contribution in [0.25, 0.3) is 0 Å². The average Bonchev–Trinajstić information content (AvgIpc) is 2.95. The summed E-state index contributed by atoms with van der Waals surface area (Å²) in [5.74, 6) is -8.70. The van der Waals surface area contributed by atoms with Crippen molar-refractivity contribution in [3.8, 4) is 0 Å². The minimum absolute atomic E-state index is 0.591. The average molecular weight is 498 g/mol. The summed E-state index contributed by atoms with van der Waals surface area (Å²) in [5, 5.41) is 70.1. The molecule has 0 spiro atoms. The summed E-state index contributed by atoms with van der Waals surface area (Å²) in [5.41, 5.74) is 0. The predicted octanol–water partition coefficient (Wildman–Crippen LogP) is -7.60. The normalized spacial score (nSPS) is 44.2. The van der Waals surface area contributed by atoms with Gasteiger partial charge >= 0.3 is 0 Å². The molecular formula is C12H20O17P2-4.